The van der Waals surface area contributed by atoms with Crippen molar-refractivity contribution in [1.82, 2.24) is 25.3 Å². The minimum Gasteiger partial charge on any atom is -0.350 e. The number of likely N-dealkylation sites (N-methyl/N-ethyl adjacent to an activating group) is 1. The lowest BCUT2D eigenvalue weighted by molar-refractivity contribution is -0.132. The van der Waals surface area contributed by atoms with Crippen molar-refractivity contribution in [1.29, 1.82) is 0 Å². The Morgan fingerprint density at radius 1 is 1.06 bits per heavy atom. The van der Waals surface area contributed by atoms with Gasteiger partial charge < -0.3 is 15.5 Å². The summed E-state index contributed by atoms with van der Waals surface area (Å²) < 4.78 is 14.5. The number of nitrogens with zero attached hydrogens (tertiary/aromatic N) is 3. The van der Waals surface area contributed by atoms with Gasteiger partial charge in [-0.25, -0.2) is 4.39 Å². The molecule has 2 heterocycles. The van der Waals surface area contributed by atoms with Crippen molar-refractivity contribution >= 4 is 17.7 Å². The van der Waals surface area contributed by atoms with Gasteiger partial charge in [0, 0.05) is 26.2 Å². The van der Waals surface area contributed by atoms with Crippen molar-refractivity contribution in [3.63, 3.8) is 0 Å². The van der Waals surface area contributed by atoms with Crippen LogP contribution in [0.15, 0.2) is 54.6 Å². The Bertz CT molecular complexity index is 1250. The Balaban J connectivity index is 1.41. The van der Waals surface area contributed by atoms with Crippen LogP contribution in [0, 0.1) is 12.7 Å². The Morgan fingerprint density at radius 3 is 2.40 bits per heavy atom. The predicted octanol–water partition coefficient (Wildman–Crippen LogP) is 2.46. The van der Waals surface area contributed by atoms with Crippen LogP contribution in [0.1, 0.15) is 44.6 Å². The number of rotatable bonds is 7. The van der Waals surface area contributed by atoms with Crippen LogP contribution in [0.3, 0.4) is 0 Å². The third-order valence-corrected chi connectivity index (χ3v) is 6.41. The molecule has 35 heavy (non-hydrogen) atoms. The fourth-order valence-corrected chi connectivity index (χ4v) is 3.98. The first-order chi connectivity index (χ1) is 16.7. The first kappa shape index (κ1) is 24.1. The smallest absolute Gasteiger partial charge is 0.272 e. The van der Waals surface area contributed by atoms with Gasteiger partial charge in [0.1, 0.15) is 17.1 Å². The molecule has 182 valence electrons. The average Bonchev–Trinajstić information content (AvgIpc) is 3.27. The van der Waals surface area contributed by atoms with E-state index in [2.05, 4.69) is 15.7 Å². The molecule has 0 aliphatic carbocycles. The van der Waals surface area contributed by atoms with E-state index in [9.17, 15) is 18.8 Å². The van der Waals surface area contributed by atoms with Crippen LogP contribution >= 0.6 is 0 Å². The van der Waals surface area contributed by atoms with Gasteiger partial charge in [-0.2, -0.15) is 5.10 Å². The van der Waals surface area contributed by atoms with E-state index < -0.39 is 11.4 Å². The summed E-state index contributed by atoms with van der Waals surface area (Å²) in [7, 11) is 1.55. The second kappa shape index (κ2) is 9.69. The van der Waals surface area contributed by atoms with Crippen LogP contribution < -0.4 is 10.6 Å². The number of aromatic nitrogens is 2. The number of aryl methyl sites for hydroxylation is 1. The molecular formula is C26H28FN5O3. The third kappa shape index (κ3) is 5.08. The van der Waals surface area contributed by atoms with Crippen molar-refractivity contribution in [2.45, 2.75) is 38.9 Å². The maximum absolute atomic E-state index is 13.1. The molecule has 0 saturated carbocycles. The highest BCUT2D eigenvalue weighted by molar-refractivity contribution is 6.01. The number of benzene rings is 2. The lowest BCUT2D eigenvalue weighted by atomic mass is 9.96. The van der Waals surface area contributed by atoms with E-state index in [1.54, 1.807) is 26.1 Å². The molecule has 2 N–H and O–H groups in total. The summed E-state index contributed by atoms with van der Waals surface area (Å²) in [6.07, 6.45) is 0.674. The van der Waals surface area contributed by atoms with Crippen LogP contribution in [0.4, 0.5) is 4.39 Å². The van der Waals surface area contributed by atoms with E-state index in [1.165, 1.54) is 33.3 Å². The molecule has 0 fully saturated rings. The quantitative estimate of drug-likeness (QED) is 0.547. The third-order valence-electron chi connectivity index (χ3n) is 6.41. The van der Waals surface area contributed by atoms with Gasteiger partial charge in [-0.05, 0) is 43.5 Å². The van der Waals surface area contributed by atoms with Crippen LogP contribution in [0.2, 0.25) is 0 Å². The van der Waals surface area contributed by atoms with E-state index in [0.29, 0.717) is 13.0 Å². The Labute approximate surface area is 203 Å². The number of carbonyl (C=O) groups is 3. The molecule has 3 aromatic rings. The molecule has 3 amide bonds. The Kier molecular flexibility index (Phi) is 6.68. The van der Waals surface area contributed by atoms with Crippen LogP contribution in [-0.2, 0) is 24.3 Å². The molecule has 0 saturated heterocycles. The molecule has 9 heteroatoms. The number of carbonyl (C=O) groups excluding carboxylic acids is 3. The summed E-state index contributed by atoms with van der Waals surface area (Å²) in [6, 6.07) is 15.4. The van der Waals surface area contributed by atoms with Crippen molar-refractivity contribution in [2.75, 3.05) is 13.6 Å². The standard InChI is InChI=1S/C26H28FN5O3/c1-17-4-6-18(7-5-17)12-13-28-23(33)21-14-22-24(34)31(3)26(2,16-32(22)30-21)25(35)29-15-19-8-10-20(27)11-9-19/h4-11,14H,12-13,15-16H2,1-3H3,(H,28,33)(H,29,35)/t26-/m0/s1. The Hall–Kier alpha value is -4.01. The monoisotopic (exact) mass is 477 g/mol. The molecule has 1 aliphatic rings. The molecule has 2 aromatic carbocycles. The van der Waals surface area contributed by atoms with E-state index in [4.69, 9.17) is 0 Å². The van der Waals surface area contributed by atoms with Gasteiger partial charge in [0.2, 0.25) is 5.91 Å². The predicted molar refractivity (Wildman–Crippen MR) is 128 cm³/mol. The summed E-state index contributed by atoms with van der Waals surface area (Å²) in [4.78, 5) is 40.1. The lowest BCUT2D eigenvalue weighted by Gasteiger charge is -2.40. The molecule has 1 aliphatic heterocycles. The zero-order valence-electron chi connectivity index (χ0n) is 20.0. The zero-order chi connectivity index (χ0) is 25.2. The number of hydrogen-bond donors (Lipinski definition) is 2. The van der Waals surface area contributed by atoms with E-state index >= 15 is 0 Å². The number of nitrogens with one attached hydrogen (secondary N) is 2. The van der Waals surface area contributed by atoms with Gasteiger partial charge in [0.15, 0.2) is 5.69 Å². The number of halogens is 1. The number of fused-ring (bicyclic) bond motifs is 1. The van der Waals surface area contributed by atoms with Crippen LogP contribution in [0.25, 0.3) is 0 Å². The highest BCUT2D eigenvalue weighted by Gasteiger charge is 2.46. The SMILES string of the molecule is Cc1ccc(CCNC(=O)c2cc3n(n2)C[C@@](C)(C(=O)NCc2ccc(F)cc2)N(C)C3=O)cc1. The van der Waals surface area contributed by atoms with Gasteiger partial charge in [0.25, 0.3) is 11.8 Å². The lowest BCUT2D eigenvalue weighted by Crippen LogP contribution is -2.62. The second-order valence-electron chi connectivity index (χ2n) is 9.01. The van der Waals surface area contributed by atoms with Crippen molar-refractivity contribution in [3.8, 4) is 0 Å². The van der Waals surface area contributed by atoms with Gasteiger partial charge in [-0.3, -0.25) is 19.1 Å². The van der Waals surface area contributed by atoms with Crippen LogP contribution in [-0.4, -0.2) is 51.5 Å². The first-order valence-electron chi connectivity index (χ1n) is 11.4. The van der Waals surface area contributed by atoms with Crippen molar-refractivity contribution < 1.29 is 18.8 Å². The Morgan fingerprint density at radius 2 is 1.71 bits per heavy atom. The molecule has 4 rings (SSSR count). The highest BCUT2D eigenvalue weighted by atomic mass is 19.1. The van der Waals surface area contributed by atoms with Gasteiger partial charge >= 0.3 is 0 Å². The normalized spacial score (nSPS) is 17.1. The maximum atomic E-state index is 13.1. The van der Waals surface area contributed by atoms with E-state index in [-0.39, 0.29) is 42.1 Å². The van der Waals surface area contributed by atoms with Gasteiger partial charge in [-0.15, -0.1) is 0 Å². The molecule has 8 nitrogen and oxygen atoms in total. The van der Waals surface area contributed by atoms with Gasteiger partial charge in [0.05, 0.1) is 6.54 Å². The van der Waals surface area contributed by atoms with Crippen LogP contribution in [0.5, 0.6) is 0 Å². The second-order valence-corrected chi connectivity index (χ2v) is 9.01. The van der Waals surface area contributed by atoms with Crippen molar-refractivity contribution in [3.05, 3.63) is 88.5 Å². The summed E-state index contributed by atoms with van der Waals surface area (Å²) in [5.41, 5.74) is 2.18. The zero-order valence-corrected chi connectivity index (χ0v) is 20.0. The first-order valence-corrected chi connectivity index (χ1v) is 11.4. The molecular weight excluding hydrogens is 449 g/mol. The summed E-state index contributed by atoms with van der Waals surface area (Å²) in [5, 5.41) is 9.96. The minimum absolute atomic E-state index is 0.0937. The largest absolute Gasteiger partial charge is 0.350 e. The topological polar surface area (TPSA) is 96.3 Å². The van der Waals surface area contributed by atoms with E-state index in [0.717, 1.165) is 11.1 Å². The molecule has 0 bridgehead atoms. The molecule has 1 atom stereocenters. The van der Waals surface area contributed by atoms with Gasteiger partial charge in [-0.1, -0.05) is 42.0 Å². The highest BCUT2D eigenvalue weighted by Crippen LogP contribution is 2.26. The molecule has 1 aromatic heterocycles. The fourth-order valence-electron chi connectivity index (χ4n) is 3.98. The number of hydrogen-bond acceptors (Lipinski definition) is 4. The minimum atomic E-state index is -1.21. The fraction of sp³-hybridized carbons (Fsp3) is 0.308. The van der Waals surface area contributed by atoms with Crippen molar-refractivity contribution in [2.24, 2.45) is 0 Å². The molecule has 0 spiro atoms. The summed E-state index contributed by atoms with van der Waals surface area (Å²) in [6.45, 7) is 4.39. The molecule has 0 unspecified atom stereocenters. The van der Waals surface area contributed by atoms with E-state index in [1.807, 2.05) is 31.2 Å². The summed E-state index contributed by atoms with van der Waals surface area (Å²) in [5.74, 6) is -1.51. The number of amides is 3. The average molecular weight is 478 g/mol. The maximum Gasteiger partial charge on any atom is 0.272 e. The summed E-state index contributed by atoms with van der Waals surface area (Å²) >= 11 is 0. The molecule has 0 radical (unpaired) electrons.